The van der Waals surface area contributed by atoms with Gasteiger partial charge in [0.05, 0.1) is 20.6 Å². The highest BCUT2D eigenvalue weighted by Gasteiger charge is 2.33. The van der Waals surface area contributed by atoms with E-state index in [0.29, 0.717) is 16.9 Å². The number of fused-ring (bicyclic) bond motifs is 3. The molecule has 0 radical (unpaired) electrons. The lowest BCUT2D eigenvalue weighted by Crippen LogP contribution is -2.22. The van der Waals surface area contributed by atoms with Crippen molar-refractivity contribution in [1.29, 1.82) is 0 Å². The van der Waals surface area contributed by atoms with Gasteiger partial charge in [0.2, 0.25) is 0 Å². The van der Waals surface area contributed by atoms with Crippen LogP contribution in [0.15, 0.2) is 63.8 Å². The van der Waals surface area contributed by atoms with Crippen molar-refractivity contribution >= 4 is 16.9 Å². The second kappa shape index (κ2) is 8.15. The third-order valence-corrected chi connectivity index (χ3v) is 5.88. The normalized spacial score (nSPS) is 15.0. The van der Waals surface area contributed by atoms with Crippen LogP contribution in [0.4, 0.5) is 0 Å². The van der Waals surface area contributed by atoms with Gasteiger partial charge in [0.25, 0.3) is 0 Å². The Morgan fingerprint density at radius 2 is 1.76 bits per heavy atom. The fourth-order valence-electron chi connectivity index (χ4n) is 4.29. The van der Waals surface area contributed by atoms with Crippen molar-refractivity contribution in [3.63, 3.8) is 0 Å². The molecule has 8 nitrogen and oxygen atoms in total. The Bertz CT molecular complexity index is 1500. The number of hydrogen-bond acceptors (Lipinski definition) is 8. The number of methoxy groups -OCH3 is 2. The molecule has 2 N–H and O–H groups in total. The molecular formula is C26H20O8. The molecule has 5 rings (SSSR count). The summed E-state index contributed by atoms with van der Waals surface area (Å²) in [5, 5.41) is 20.7. The summed E-state index contributed by atoms with van der Waals surface area (Å²) >= 11 is 0. The Balaban J connectivity index is 1.79. The summed E-state index contributed by atoms with van der Waals surface area (Å²) in [6.45, 7) is 0. The summed E-state index contributed by atoms with van der Waals surface area (Å²) < 4.78 is 22.0. The van der Waals surface area contributed by atoms with Crippen molar-refractivity contribution in [1.82, 2.24) is 0 Å². The summed E-state index contributed by atoms with van der Waals surface area (Å²) in [6.07, 6.45) is 0.0112. The average Bonchev–Trinajstić information content (AvgIpc) is 2.82. The SMILES string of the molecule is COc1cccc([C@H]2CC(=O)Oc3cc(O)c4c(=O)cc(-c5ccc(OC)c(O)c5)oc4c32)c1. The topological polar surface area (TPSA) is 115 Å². The van der Waals surface area contributed by atoms with Crippen LogP contribution in [-0.4, -0.2) is 30.4 Å². The fraction of sp³-hybridized carbons (Fsp3) is 0.154. The largest absolute Gasteiger partial charge is 0.507 e. The molecular weight excluding hydrogens is 440 g/mol. The number of rotatable bonds is 4. The van der Waals surface area contributed by atoms with Crippen molar-refractivity contribution in [3.05, 3.63) is 75.9 Å². The Hall–Kier alpha value is -4.46. The molecule has 172 valence electrons. The molecule has 0 spiro atoms. The van der Waals surface area contributed by atoms with Gasteiger partial charge in [-0.05, 0) is 35.9 Å². The van der Waals surface area contributed by atoms with E-state index in [1.54, 1.807) is 37.4 Å². The molecule has 1 aliphatic rings. The van der Waals surface area contributed by atoms with Crippen molar-refractivity contribution in [3.8, 4) is 40.1 Å². The molecule has 3 aromatic carbocycles. The first kappa shape index (κ1) is 21.4. The van der Waals surface area contributed by atoms with E-state index >= 15 is 0 Å². The minimum atomic E-state index is -0.503. The lowest BCUT2D eigenvalue weighted by Gasteiger charge is -2.26. The van der Waals surface area contributed by atoms with Gasteiger partial charge in [-0.15, -0.1) is 0 Å². The van der Waals surface area contributed by atoms with E-state index < -0.39 is 17.3 Å². The third kappa shape index (κ3) is 3.49. The van der Waals surface area contributed by atoms with Gasteiger partial charge in [0, 0.05) is 29.2 Å². The van der Waals surface area contributed by atoms with Crippen LogP contribution >= 0.6 is 0 Å². The van der Waals surface area contributed by atoms with Gasteiger partial charge in [-0.3, -0.25) is 9.59 Å². The summed E-state index contributed by atoms with van der Waals surface area (Å²) in [6, 6.07) is 14.3. The van der Waals surface area contributed by atoms with Gasteiger partial charge in [-0.2, -0.15) is 0 Å². The Labute approximate surface area is 193 Å². The summed E-state index contributed by atoms with van der Waals surface area (Å²) in [7, 11) is 2.98. The Morgan fingerprint density at radius 3 is 2.50 bits per heavy atom. The second-order valence-electron chi connectivity index (χ2n) is 7.88. The molecule has 0 bridgehead atoms. The zero-order valence-electron chi connectivity index (χ0n) is 18.3. The highest BCUT2D eigenvalue weighted by molar-refractivity contribution is 5.93. The molecule has 0 amide bonds. The number of aromatic hydroxyl groups is 2. The number of carbonyl (C=O) groups excluding carboxylic acids is 1. The maximum atomic E-state index is 13.1. The van der Waals surface area contributed by atoms with Gasteiger partial charge in [-0.1, -0.05) is 12.1 Å². The third-order valence-electron chi connectivity index (χ3n) is 5.88. The number of hydrogen-bond donors (Lipinski definition) is 2. The zero-order valence-corrected chi connectivity index (χ0v) is 18.3. The average molecular weight is 460 g/mol. The first-order valence-corrected chi connectivity index (χ1v) is 10.4. The first-order chi connectivity index (χ1) is 16.4. The van der Waals surface area contributed by atoms with E-state index in [0.717, 1.165) is 5.56 Å². The number of benzene rings is 3. The quantitative estimate of drug-likeness (QED) is 0.342. The van der Waals surface area contributed by atoms with E-state index in [-0.39, 0.29) is 46.1 Å². The van der Waals surface area contributed by atoms with E-state index in [9.17, 15) is 19.8 Å². The van der Waals surface area contributed by atoms with Crippen LogP contribution in [0.2, 0.25) is 0 Å². The minimum Gasteiger partial charge on any atom is -0.507 e. The standard InChI is InChI=1S/C26H20O8/c1-31-15-5-3-4-13(8-15)16-10-23(30)33-22-12-19(29)25-18(28)11-21(34-26(25)24(16)22)14-6-7-20(32-2)17(27)9-14/h3-9,11-12,16,27,29H,10H2,1-2H3/t16-/m1/s1. The predicted molar refractivity (Wildman–Crippen MR) is 123 cm³/mol. The lowest BCUT2D eigenvalue weighted by atomic mass is 9.85. The monoisotopic (exact) mass is 460 g/mol. The summed E-state index contributed by atoms with van der Waals surface area (Å²) in [5.41, 5.74) is 1.29. The number of phenolic OH excluding ortho intramolecular Hbond substituents is 2. The summed E-state index contributed by atoms with van der Waals surface area (Å²) in [5.74, 6) is -0.287. The van der Waals surface area contributed by atoms with Crippen molar-refractivity contribution in [2.45, 2.75) is 12.3 Å². The van der Waals surface area contributed by atoms with Crippen LogP contribution in [0.3, 0.4) is 0 Å². The number of carbonyl (C=O) groups is 1. The van der Waals surface area contributed by atoms with Crippen LogP contribution in [0.25, 0.3) is 22.3 Å². The molecule has 34 heavy (non-hydrogen) atoms. The van der Waals surface area contributed by atoms with Crippen LogP contribution < -0.4 is 19.6 Å². The fourth-order valence-corrected chi connectivity index (χ4v) is 4.29. The smallest absolute Gasteiger partial charge is 0.312 e. The van der Waals surface area contributed by atoms with Crippen LogP contribution in [0.1, 0.15) is 23.5 Å². The maximum absolute atomic E-state index is 13.1. The zero-order chi connectivity index (χ0) is 24.0. The molecule has 1 aliphatic heterocycles. The molecule has 0 aliphatic carbocycles. The van der Waals surface area contributed by atoms with Crippen molar-refractivity contribution in [2.75, 3.05) is 14.2 Å². The van der Waals surface area contributed by atoms with Crippen molar-refractivity contribution < 1.29 is 33.6 Å². The predicted octanol–water partition coefficient (Wildman–Crippen LogP) is 4.33. The molecule has 0 saturated carbocycles. The van der Waals surface area contributed by atoms with Gasteiger partial charge in [-0.25, -0.2) is 0 Å². The van der Waals surface area contributed by atoms with Crippen LogP contribution in [0.5, 0.6) is 28.7 Å². The number of phenols is 2. The minimum absolute atomic E-state index is 0.0112. The Kier molecular flexibility index (Phi) is 5.13. The first-order valence-electron chi connectivity index (χ1n) is 10.4. The molecule has 0 unspecified atom stereocenters. The molecule has 1 aromatic heterocycles. The van der Waals surface area contributed by atoms with Crippen molar-refractivity contribution in [2.24, 2.45) is 0 Å². The highest BCUT2D eigenvalue weighted by Crippen LogP contribution is 2.46. The molecule has 0 fully saturated rings. The second-order valence-corrected chi connectivity index (χ2v) is 7.88. The van der Waals surface area contributed by atoms with E-state index in [1.165, 1.54) is 25.3 Å². The van der Waals surface area contributed by atoms with Gasteiger partial charge in [0.15, 0.2) is 16.9 Å². The molecule has 2 heterocycles. The molecule has 1 atom stereocenters. The molecule has 4 aromatic rings. The van der Waals surface area contributed by atoms with Gasteiger partial charge < -0.3 is 28.8 Å². The van der Waals surface area contributed by atoms with E-state index in [2.05, 4.69) is 0 Å². The van der Waals surface area contributed by atoms with Crippen LogP contribution in [-0.2, 0) is 4.79 Å². The maximum Gasteiger partial charge on any atom is 0.312 e. The molecule has 0 saturated heterocycles. The number of esters is 1. The van der Waals surface area contributed by atoms with Crippen LogP contribution in [0, 0.1) is 0 Å². The Morgan fingerprint density at radius 1 is 0.941 bits per heavy atom. The van der Waals surface area contributed by atoms with Gasteiger partial charge in [0.1, 0.15) is 34.0 Å². The molecule has 8 heteroatoms. The van der Waals surface area contributed by atoms with E-state index in [1.807, 2.05) is 6.07 Å². The highest BCUT2D eigenvalue weighted by atomic mass is 16.5. The number of ether oxygens (including phenoxy) is 3. The summed E-state index contributed by atoms with van der Waals surface area (Å²) in [4.78, 5) is 25.5. The van der Waals surface area contributed by atoms with E-state index in [4.69, 9.17) is 18.6 Å². The lowest BCUT2D eigenvalue weighted by molar-refractivity contribution is -0.135. The van der Waals surface area contributed by atoms with Gasteiger partial charge >= 0.3 is 5.97 Å².